The molecule has 2 heterocycles. The van der Waals surface area contributed by atoms with E-state index in [1.54, 1.807) is 6.20 Å². The van der Waals surface area contributed by atoms with Crippen LogP contribution in [0.3, 0.4) is 0 Å². The zero-order valence-corrected chi connectivity index (χ0v) is 13.6. The zero-order valence-electron chi connectivity index (χ0n) is 12.9. The molecule has 1 saturated heterocycles. The van der Waals surface area contributed by atoms with E-state index in [-0.39, 0.29) is 16.7 Å². The van der Waals surface area contributed by atoms with Gasteiger partial charge in [0.1, 0.15) is 11.1 Å². The second-order valence-corrected chi connectivity index (χ2v) is 6.46. The molecule has 0 aliphatic carbocycles. The minimum Gasteiger partial charge on any atom is -0.380 e. The Bertz CT molecular complexity index is 557. The number of hydrogen-bond acceptors (Lipinski definition) is 5. The average molecular weight is 316 g/mol. The molecule has 1 aromatic heterocycles. The van der Waals surface area contributed by atoms with Crippen LogP contribution in [0.5, 0.6) is 0 Å². The van der Waals surface area contributed by atoms with Crippen LogP contribution in [0.15, 0.2) is 11.0 Å². The van der Waals surface area contributed by atoms with Crippen molar-refractivity contribution in [3.63, 3.8) is 0 Å². The Kier molecular flexibility index (Phi) is 4.91. The lowest BCUT2D eigenvalue weighted by atomic mass is 10.2. The van der Waals surface area contributed by atoms with Gasteiger partial charge < -0.3 is 14.8 Å². The first-order chi connectivity index (χ1) is 9.78. The average Bonchev–Trinajstić information content (AvgIpc) is 2.73. The molecule has 0 aromatic carbocycles. The largest absolute Gasteiger partial charge is 0.380 e. The maximum atomic E-state index is 12.1. The van der Waals surface area contributed by atoms with Crippen LogP contribution in [0.4, 0.5) is 5.69 Å². The molecular formula is C14H22ClN3O3. The number of nitrogens with one attached hydrogen (secondary N) is 1. The van der Waals surface area contributed by atoms with Crippen LogP contribution in [0.25, 0.3) is 0 Å². The summed E-state index contributed by atoms with van der Waals surface area (Å²) >= 11 is 6.12. The maximum absolute atomic E-state index is 12.1. The summed E-state index contributed by atoms with van der Waals surface area (Å²) in [7, 11) is 0. The molecule has 1 fully saturated rings. The van der Waals surface area contributed by atoms with E-state index in [2.05, 4.69) is 10.4 Å². The van der Waals surface area contributed by atoms with Gasteiger partial charge in [-0.05, 0) is 19.8 Å². The fraction of sp³-hybridized carbons (Fsp3) is 0.714. The van der Waals surface area contributed by atoms with Gasteiger partial charge in [-0.2, -0.15) is 5.10 Å². The van der Waals surface area contributed by atoms with E-state index in [9.17, 15) is 4.79 Å². The van der Waals surface area contributed by atoms with Crippen LogP contribution in [0.1, 0.15) is 27.7 Å². The number of anilines is 1. The van der Waals surface area contributed by atoms with Crippen molar-refractivity contribution in [2.45, 2.75) is 46.1 Å². The summed E-state index contributed by atoms with van der Waals surface area (Å²) in [5, 5.41) is 7.40. The molecule has 1 aliphatic heterocycles. The third-order valence-corrected chi connectivity index (χ3v) is 3.48. The summed E-state index contributed by atoms with van der Waals surface area (Å²) < 4.78 is 12.6. The van der Waals surface area contributed by atoms with E-state index in [0.717, 1.165) is 0 Å². The first kappa shape index (κ1) is 16.3. The molecule has 0 amide bonds. The van der Waals surface area contributed by atoms with Crippen molar-refractivity contribution in [3.05, 3.63) is 21.6 Å². The summed E-state index contributed by atoms with van der Waals surface area (Å²) in [6, 6.07) is 0. The van der Waals surface area contributed by atoms with E-state index in [0.29, 0.717) is 31.3 Å². The second kappa shape index (κ2) is 6.34. The molecule has 0 spiro atoms. The maximum Gasteiger partial charge on any atom is 0.287 e. The third-order valence-electron chi connectivity index (χ3n) is 3.11. The molecule has 6 nitrogen and oxygen atoms in total. The molecule has 7 heteroatoms. The Morgan fingerprint density at radius 2 is 2.29 bits per heavy atom. The van der Waals surface area contributed by atoms with Crippen molar-refractivity contribution < 1.29 is 9.47 Å². The highest BCUT2D eigenvalue weighted by Crippen LogP contribution is 2.23. The van der Waals surface area contributed by atoms with Crippen LogP contribution < -0.4 is 10.9 Å². The number of hydrogen-bond donors (Lipinski definition) is 1. The van der Waals surface area contributed by atoms with Crippen molar-refractivity contribution in [1.29, 1.82) is 0 Å². The highest BCUT2D eigenvalue weighted by atomic mass is 35.5. The Morgan fingerprint density at radius 3 is 2.86 bits per heavy atom. The first-order valence-electron chi connectivity index (χ1n) is 7.10. The molecule has 2 rings (SSSR count). The Hall–Kier alpha value is -1.11. The Labute approximate surface area is 129 Å². The van der Waals surface area contributed by atoms with Crippen molar-refractivity contribution in [3.8, 4) is 0 Å². The quantitative estimate of drug-likeness (QED) is 0.901. The summed E-state index contributed by atoms with van der Waals surface area (Å²) in [5.41, 5.74) is 0.245. The lowest BCUT2D eigenvalue weighted by Gasteiger charge is -2.18. The normalized spacial score (nSPS) is 21.0. The Morgan fingerprint density at radius 1 is 1.57 bits per heavy atom. The molecule has 0 radical (unpaired) electrons. The summed E-state index contributed by atoms with van der Waals surface area (Å²) in [6.45, 7) is 9.35. The van der Waals surface area contributed by atoms with E-state index >= 15 is 0 Å². The van der Waals surface area contributed by atoms with Gasteiger partial charge >= 0.3 is 0 Å². The molecule has 1 N–H and O–H groups in total. The predicted molar refractivity (Wildman–Crippen MR) is 81.7 cm³/mol. The van der Waals surface area contributed by atoms with Crippen LogP contribution in [-0.4, -0.2) is 34.8 Å². The minimum atomic E-state index is -0.560. The van der Waals surface area contributed by atoms with Gasteiger partial charge in [0.2, 0.25) is 0 Å². The van der Waals surface area contributed by atoms with Crippen molar-refractivity contribution in [2.75, 3.05) is 18.5 Å². The second-order valence-electron chi connectivity index (χ2n) is 6.08. The molecule has 1 aromatic rings. The number of aromatic nitrogens is 2. The Balaban J connectivity index is 2.01. The standard InChI is InChI=1S/C14H22ClN3O3/c1-9(2)7-18-13(19)12(15)11(6-17-18)16-5-10-8-20-14(3,4)21-10/h6,9-10,16H,5,7-8H2,1-4H3. The van der Waals surface area contributed by atoms with Crippen LogP contribution in [0.2, 0.25) is 5.02 Å². The smallest absolute Gasteiger partial charge is 0.287 e. The van der Waals surface area contributed by atoms with Gasteiger partial charge in [-0.25, -0.2) is 4.68 Å². The van der Waals surface area contributed by atoms with Crippen LogP contribution in [-0.2, 0) is 16.0 Å². The zero-order chi connectivity index (χ0) is 15.6. The molecule has 118 valence electrons. The highest BCUT2D eigenvalue weighted by Gasteiger charge is 2.32. The summed E-state index contributed by atoms with van der Waals surface area (Å²) in [6.07, 6.45) is 1.50. The molecular weight excluding hydrogens is 294 g/mol. The molecule has 1 unspecified atom stereocenters. The van der Waals surface area contributed by atoms with Gasteiger partial charge in [0.15, 0.2) is 5.79 Å². The molecule has 0 saturated carbocycles. The minimum absolute atomic E-state index is 0.0748. The number of nitrogens with zero attached hydrogens (tertiary/aromatic N) is 2. The van der Waals surface area contributed by atoms with E-state index in [4.69, 9.17) is 21.1 Å². The van der Waals surface area contributed by atoms with E-state index in [1.807, 2.05) is 27.7 Å². The van der Waals surface area contributed by atoms with Gasteiger partial charge in [-0.15, -0.1) is 0 Å². The van der Waals surface area contributed by atoms with Gasteiger partial charge in [0.25, 0.3) is 5.56 Å². The van der Waals surface area contributed by atoms with Crippen molar-refractivity contribution in [1.82, 2.24) is 9.78 Å². The van der Waals surface area contributed by atoms with Gasteiger partial charge in [-0.1, -0.05) is 25.4 Å². The molecule has 21 heavy (non-hydrogen) atoms. The fourth-order valence-electron chi connectivity index (χ4n) is 2.15. The summed E-state index contributed by atoms with van der Waals surface area (Å²) in [4.78, 5) is 12.1. The number of ether oxygens (including phenoxy) is 2. The third kappa shape index (κ3) is 4.18. The van der Waals surface area contributed by atoms with E-state index in [1.165, 1.54) is 4.68 Å². The van der Waals surface area contributed by atoms with Gasteiger partial charge in [0.05, 0.1) is 18.5 Å². The van der Waals surface area contributed by atoms with Crippen molar-refractivity contribution in [2.24, 2.45) is 5.92 Å². The number of rotatable bonds is 5. The fourth-order valence-corrected chi connectivity index (χ4v) is 2.36. The molecule has 0 bridgehead atoms. The van der Waals surface area contributed by atoms with Crippen molar-refractivity contribution >= 4 is 17.3 Å². The molecule has 1 atom stereocenters. The summed E-state index contributed by atoms with van der Waals surface area (Å²) in [5.74, 6) is -0.231. The van der Waals surface area contributed by atoms with E-state index < -0.39 is 5.79 Å². The first-order valence-corrected chi connectivity index (χ1v) is 7.47. The lowest BCUT2D eigenvalue weighted by Crippen LogP contribution is -2.29. The van der Waals surface area contributed by atoms with Gasteiger partial charge in [-0.3, -0.25) is 4.79 Å². The topological polar surface area (TPSA) is 65.4 Å². The van der Waals surface area contributed by atoms with Crippen LogP contribution in [0, 0.1) is 5.92 Å². The number of halogens is 1. The molecule has 1 aliphatic rings. The lowest BCUT2D eigenvalue weighted by molar-refractivity contribution is -0.136. The predicted octanol–water partition coefficient (Wildman–Crippen LogP) is 2.12. The monoisotopic (exact) mass is 315 g/mol. The highest BCUT2D eigenvalue weighted by molar-refractivity contribution is 6.32. The van der Waals surface area contributed by atoms with Gasteiger partial charge in [0, 0.05) is 13.1 Å². The SMILES string of the molecule is CC(C)Cn1ncc(NCC2COC(C)(C)O2)c(Cl)c1=O. The van der Waals surface area contributed by atoms with Crippen LogP contribution >= 0.6 is 11.6 Å².